The lowest BCUT2D eigenvalue weighted by Gasteiger charge is -2.36. The van der Waals surface area contributed by atoms with E-state index in [1.165, 1.54) is 18.4 Å². The summed E-state index contributed by atoms with van der Waals surface area (Å²) in [5.41, 5.74) is 2.76. The second kappa shape index (κ2) is 10.1. The third-order valence-electron chi connectivity index (χ3n) is 6.29. The molecule has 6 heteroatoms. The van der Waals surface area contributed by atoms with Crippen molar-refractivity contribution in [3.8, 4) is 17.2 Å². The van der Waals surface area contributed by atoms with E-state index in [-0.39, 0.29) is 11.4 Å². The summed E-state index contributed by atoms with van der Waals surface area (Å²) in [6.07, 6.45) is 4.59. The highest BCUT2D eigenvalue weighted by Gasteiger charge is 2.36. The number of rotatable bonds is 9. The maximum Gasteiger partial charge on any atom is 0.251 e. The fourth-order valence-corrected chi connectivity index (χ4v) is 4.16. The van der Waals surface area contributed by atoms with Gasteiger partial charge in [0, 0.05) is 17.6 Å². The molecule has 1 N–H and O–H groups in total. The Morgan fingerprint density at radius 1 is 1.03 bits per heavy atom. The van der Waals surface area contributed by atoms with Crippen molar-refractivity contribution in [2.75, 3.05) is 34.9 Å². The molecule has 6 nitrogen and oxygen atoms in total. The van der Waals surface area contributed by atoms with Gasteiger partial charge in [-0.2, -0.15) is 0 Å². The number of carbonyl (C=O) groups is 1. The Morgan fingerprint density at radius 3 is 2.13 bits per heavy atom. The highest BCUT2D eigenvalue weighted by molar-refractivity contribution is 5.95. The molecule has 1 aliphatic rings. The van der Waals surface area contributed by atoms with Crippen molar-refractivity contribution < 1.29 is 19.0 Å². The number of hydrogen-bond donors (Lipinski definition) is 1. The lowest BCUT2D eigenvalue weighted by atomic mass is 9.96. The molecule has 0 aromatic heterocycles. The van der Waals surface area contributed by atoms with E-state index in [1.807, 2.05) is 31.2 Å². The fourth-order valence-electron chi connectivity index (χ4n) is 4.16. The van der Waals surface area contributed by atoms with E-state index in [0.717, 1.165) is 18.4 Å². The molecule has 0 bridgehead atoms. The molecule has 2 aromatic carbocycles. The summed E-state index contributed by atoms with van der Waals surface area (Å²) in [4.78, 5) is 15.2. The van der Waals surface area contributed by atoms with Crippen molar-refractivity contribution in [2.24, 2.45) is 0 Å². The van der Waals surface area contributed by atoms with E-state index in [9.17, 15) is 4.79 Å². The first-order valence-corrected chi connectivity index (χ1v) is 10.8. The monoisotopic (exact) mass is 426 g/mol. The number of benzene rings is 2. The zero-order valence-electron chi connectivity index (χ0n) is 19.3. The van der Waals surface area contributed by atoms with Crippen LogP contribution in [0.1, 0.15) is 47.2 Å². The van der Waals surface area contributed by atoms with Gasteiger partial charge in [0.1, 0.15) is 6.61 Å². The third kappa shape index (κ3) is 5.31. The molecule has 31 heavy (non-hydrogen) atoms. The predicted molar refractivity (Wildman–Crippen MR) is 122 cm³/mol. The van der Waals surface area contributed by atoms with E-state index in [1.54, 1.807) is 26.4 Å². The Hall–Kier alpha value is -2.73. The molecule has 168 valence electrons. The number of likely N-dealkylation sites (N-methyl/N-ethyl adjacent to an activating group) is 1. The number of hydrogen-bond acceptors (Lipinski definition) is 5. The van der Waals surface area contributed by atoms with Gasteiger partial charge in [-0.3, -0.25) is 4.79 Å². The number of nitrogens with one attached hydrogen (secondary N) is 1. The maximum atomic E-state index is 12.9. The average Bonchev–Trinajstić information content (AvgIpc) is 3.27. The number of methoxy groups -OCH3 is 2. The van der Waals surface area contributed by atoms with E-state index < -0.39 is 0 Å². The van der Waals surface area contributed by atoms with Crippen LogP contribution in [0.15, 0.2) is 36.4 Å². The first kappa shape index (κ1) is 22.9. The lowest BCUT2D eigenvalue weighted by molar-refractivity contribution is 0.0899. The average molecular weight is 427 g/mol. The van der Waals surface area contributed by atoms with E-state index >= 15 is 0 Å². The zero-order valence-corrected chi connectivity index (χ0v) is 19.3. The van der Waals surface area contributed by atoms with Crippen LogP contribution in [0, 0.1) is 6.92 Å². The van der Waals surface area contributed by atoms with Crippen LogP contribution < -0.4 is 19.5 Å². The molecule has 0 radical (unpaired) electrons. The van der Waals surface area contributed by atoms with Gasteiger partial charge >= 0.3 is 0 Å². The van der Waals surface area contributed by atoms with Crippen LogP contribution in [0.5, 0.6) is 17.2 Å². The first-order chi connectivity index (χ1) is 14.9. The van der Waals surface area contributed by atoms with Crippen LogP contribution >= 0.6 is 0 Å². The summed E-state index contributed by atoms with van der Waals surface area (Å²) in [6, 6.07) is 11.6. The molecule has 0 aliphatic heterocycles. The molecule has 0 unspecified atom stereocenters. The number of nitrogens with zero attached hydrogens (tertiary/aromatic N) is 1. The van der Waals surface area contributed by atoms with Crippen LogP contribution in [0.2, 0.25) is 0 Å². The van der Waals surface area contributed by atoms with Crippen molar-refractivity contribution in [1.82, 2.24) is 10.2 Å². The van der Waals surface area contributed by atoms with Gasteiger partial charge in [-0.05, 0) is 51.6 Å². The molecule has 0 atom stereocenters. The first-order valence-electron chi connectivity index (χ1n) is 10.8. The molecule has 1 aliphatic carbocycles. The number of carbonyl (C=O) groups excluding carboxylic acids is 1. The fraction of sp³-hybridized carbons (Fsp3) is 0.480. The van der Waals surface area contributed by atoms with Crippen LogP contribution in [-0.2, 0) is 6.61 Å². The molecule has 1 amide bonds. The molecule has 3 rings (SSSR count). The molecule has 1 saturated carbocycles. The van der Waals surface area contributed by atoms with E-state index in [4.69, 9.17) is 14.2 Å². The van der Waals surface area contributed by atoms with Crippen LogP contribution in [0.3, 0.4) is 0 Å². The van der Waals surface area contributed by atoms with Gasteiger partial charge in [-0.15, -0.1) is 0 Å². The smallest absolute Gasteiger partial charge is 0.251 e. The van der Waals surface area contributed by atoms with Crippen molar-refractivity contribution in [3.63, 3.8) is 0 Å². The number of aryl methyl sites for hydroxylation is 1. The Kier molecular flexibility index (Phi) is 7.44. The van der Waals surface area contributed by atoms with Gasteiger partial charge in [0.05, 0.1) is 14.2 Å². The largest absolute Gasteiger partial charge is 0.493 e. The molecule has 2 aromatic rings. The van der Waals surface area contributed by atoms with Gasteiger partial charge in [-0.25, -0.2) is 0 Å². The van der Waals surface area contributed by atoms with Crippen molar-refractivity contribution >= 4 is 5.91 Å². The van der Waals surface area contributed by atoms with Gasteiger partial charge < -0.3 is 24.4 Å². The Balaban J connectivity index is 1.75. The van der Waals surface area contributed by atoms with Gasteiger partial charge in [0.15, 0.2) is 11.5 Å². The number of ether oxygens (including phenoxy) is 3. The topological polar surface area (TPSA) is 60.0 Å². The molecular weight excluding hydrogens is 392 g/mol. The van der Waals surface area contributed by atoms with Crippen molar-refractivity contribution in [3.05, 3.63) is 53.1 Å². The third-order valence-corrected chi connectivity index (χ3v) is 6.29. The van der Waals surface area contributed by atoms with Gasteiger partial charge in [-0.1, -0.05) is 42.7 Å². The SMILES string of the molecule is COc1cc(C(=O)NCC2(N(C)C)CCCC2)cc(OC)c1OCc1ccc(C)cc1. The van der Waals surface area contributed by atoms with Gasteiger partial charge in [0.2, 0.25) is 5.75 Å². The summed E-state index contributed by atoms with van der Waals surface area (Å²) < 4.78 is 17.1. The van der Waals surface area contributed by atoms with Gasteiger partial charge in [0.25, 0.3) is 5.91 Å². The van der Waals surface area contributed by atoms with Crippen molar-refractivity contribution in [2.45, 2.75) is 44.8 Å². The summed E-state index contributed by atoms with van der Waals surface area (Å²) in [5.74, 6) is 1.29. The lowest BCUT2D eigenvalue weighted by Crippen LogP contribution is -2.50. The van der Waals surface area contributed by atoms with Crippen LogP contribution in [-0.4, -0.2) is 51.2 Å². The Labute approximate surface area is 185 Å². The van der Waals surface area contributed by atoms with E-state index in [0.29, 0.717) is 36.0 Å². The standard InChI is InChI=1S/C25H34N2O4/c1-18-8-10-19(11-9-18)16-31-23-21(29-4)14-20(15-22(23)30-5)24(28)26-17-25(27(2)3)12-6-7-13-25/h8-11,14-15H,6-7,12-13,16-17H2,1-5H3,(H,26,28). The van der Waals surface area contributed by atoms with Crippen LogP contribution in [0.4, 0.5) is 0 Å². The minimum absolute atomic E-state index is 0.0287. The highest BCUT2D eigenvalue weighted by atomic mass is 16.5. The molecule has 0 heterocycles. The quantitative estimate of drug-likeness (QED) is 0.651. The number of amides is 1. The Morgan fingerprint density at radius 2 is 1.61 bits per heavy atom. The van der Waals surface area contributed by atoms with Crippen molar-refractivity contribution in [1.29, 1.82) is 0 Å². The normalized spacial score (nSPS) is 15.0. The minimum Gasteiger partial charge on any atom is -0.493 e. The molecule has 0 spiro atoms. The molecule has 0 saturated heterocycles. The van der Waals surface area contributed by atoms with E-state index in [2.05, 4.69) is 24.3 Å². The second-order valence-corrected chi connectivity index (χ2v) is 8.49. The minimum atomic E-state index is -0.144. The Bertz CT molecular complexity index is 862. The summed E-state index contributed by atoms with van der Waals surface area (Å²) in [6.45, 7) is 3.05. The highest BCUT2D eigenvalue weighted by Crippen LogP contribution is 2.39. The van der Waals surface area contributed by atoms with Crippen LogP contribution in [0.25, 0.3) is 0 Å². The summed E-state index contributed by atoms with van der Waals surface area (Å²) in [7, 11) is 7.30. The molecular formula is C25H34N2O4. The second-order valence-electron chi connectivity index (χ2n) is 8.49. The summed E-state index contributed by atoms with van der Waals surface area (Å²) >= 11 is 0. The molecule has 1 fully saturated rings. The zero-order chi connectivity index (χ0) is 22.4. The summed E-state index contributed by atoms with van der Waals surface area (Å²) in [5, 5.41) is 3.12. The maximum absolute atomic E-state index is 12.9. The predicted octanol–water partition coefficient (Wildman–Crippen LogP) is 4.20.